The topological polar surface area (TPSA) is 95.9 Å². The van der Waals surface area contributed by atoms with Crippen LogP contribution in [0.2, 0.25) is 0 Å². The Hall–Kier alpha value is -1.89. The van der Waals surface area contributed by atoms with Crippen LogP contribution in [0.15, 0.2) is 12.2 Å². The average Bonchev–Trinajstić information content (AvgIpc) is 2.94. The van der Waals surface area contributed by atoms with Crippen molar-refractivity contribution in [1.29, 1.82) is 0 Å². The molecule has 0 bridgehead atoms. The predicted octanol–water partition coefficient (Wildman–Crippen LogP) is 1.50. The van der Waals surface area contributed by atoms with Crippen LogP contribution in [0.4, 0.5) is 0 Å². The number of ether oxygens (including phenoxy) is 1. The fourth-order valence-electron chi connectivity index (χ4n) is 4.32. The van der Waals surface area contributed by atoms with Gasteiger partial charge in [-0.2, -0.15) is 0 Å². The van der Waals surface area contributed by atoms with Crippen molar-refractivity contribution in [2.24, 2.45) is 23.7 Å². The standard InChI is InChI=1S/C21H34N2O5/c1-4-6-11-22-19(25)18-15-10-9-14(3)16(21(27)28-5-2)17(15)20(26)23(18)12-7-8-13-24/h9-10,14-18,24H,4-8,11-13H2,1-3H3,(H,22,25)/t14-,15+,16-,17-,18+/m1/s1. The Labute approximate surface area is 167 Å². The van der Waals surface area contributed by atoms with Crippen LogP contribution in [0.25, 0.3) is 0 Å². The normalized spacial score (nSPS) is 28.9. The number of aliphatic hydroxyl groups is 1. The summed E-state index contributed by atoms with van der Waals surface area (Å²) in [4.78, 5) is 40.4. The lowest BCUT2D eigenvalue weighted by atomic mass is 9.70. The number of carbonyl (C=O) groups is 3. The minimum atomic E-state index is -0.617. The zero-order valence-electron chi connectivity index (χ0n) is 17.2. The first kappa shape index (κ1) is 22.4. The van der Waals surface area contributed by atoms with Crippen LogP contribution < -0.4 is 5.32 Å². The lowest BCUT2D eigenvalue weighted by Gasteiger charge is -2.32. The maximum absolute atomic E-state index is 13.3. The van der Waals surface area contributed by atoms with Crippen LogP contribution in [0.5, 0.6) is 0 Å². The molecular weight excluding hydrogens is 360 g/mol. The monoisotopic (exact) mass is 394 g/mol. The summed E-state index contributed by atoms with van der Waals surface area (Å²) in [6, 6.07) is -0.617. The summed E-state index contributed by atoms with van der Waals surface area (Å²) in [6.45, 7) is 6.99. The van der Waals surface area contributed by atoms with Crippen LogP contribution in [0.1, 0.15) is 46.5 Å². The van der Waals surface area contributed by atoms with Gasteiger partial charge in [-0.3, -0.25) is 14.4 Å². The fourth-order valence-corrected chi connectivity index (χ4v) is 4.32. The summed E-state index contributed by atoms with van der Waals surface area (Å²) in [5, 5.41) is 12.0. The van der Waals surface area contributed by atoms with E-state index in [9.17, 15) is 14.4 Å². The van der Waals surface area contributed by atoms with Crippen molar-refractivity contribution < 1.29 is 24.2 Å². The number of hydrogen-bond acceptors (Lipinski definition) is 5. The molecule has 2 rings (SSSR count). The van der Waals surface area contributed by atoms with Gasteiger partial charge in [0.15, 0.2) is 0 Å². The highest BCUT2D eigenvalue weighted by molar-refractivity contribution is 5.96. The Morgan fingerprint density at radius 1 is 1.21 bits per heavy atom. The third kappa shape index (κ3) is 4.74. The first-order valence-electron chi connectivity index (χ1n) is 10.5. The summed E-state index contributed by atoms with van der Waals surface area (Å²) >= 11 is 0. The van der Waals surface area contributed by atoms with E-state index in [0.717, 1.165) is 12.8 Å². The third-order valence-corrected chi connectivity index (χ3v) is 5.74. The smallest absolute Gasteiger partial charge is 0.310 e. The second kappa shape index (κ2) is 10.6. The second-order valence-corrected chi connectivity index (χ2v) is 7.68. The molecule has 0 radical (unpaired) electrons. The molecule has 2 N–H and O–H groups in total. The molecule has 0 spiro atoms. The lowest BCUT2D eigenvalue weighted by molar-refractivity contribution is -0.155. The largest absolute Gasteiger partial charge is 0.466 e. The summed E-state index contributed by atoms with van der Waals surface area (Å²) in [5.74, 6) is -2.30. The van der Waals surface area contributed by atoms with Gasteiger partial charge in [0.1, 0.15) is 6.04 Å². The van der Waals surface area contributed by atoms with Crippen LogP contribution in [-0.2, 0) is 19.1 Å². The number of likely N-dealkylation sites (tertiary alicyclic amines) is 1. The molecule has 7 nitrogen and oxygen atoms in total. The third-order valence-electron chi connectivity index (χ3n) is 5.74. The van der Waals surface area contributed by atoms with Gasteiger partial charge < -0.3 is 20.1 Å². The SMILES string of the molecule is CCCCNC(=O)[C@@H]1[C@H]2C=C[C@@H](C)[C@@H](C(=O)OCC)[C@@H]2C(=O)N1CCCCO. The van der Waals surface area contributed by atoms with Crippen molar-refractivity contribution in [1.82, 2.24) is 10.2 Å². The number of nitrogens with one attached hydrogen (secondary N) is 1. The molecule has 0 saturated carbocycles. The van der Waals surface area contributed by atoms with E-state index < -0.39 is 17.9 Å². The van der Waals surface area contributed by atoms with Crippen LogP contribution >= 0.6 is 0 Å². The first-order valence-corrected chi connectivity index (χ1v) is 10.5. The maximum atomic E-state index is 13.3. The van der Waals surface area contributed by atoms with Gasteiger partial charge in [-0.1, -0.05) is 32.4 Å². The van der Waals surface area contributed by atoms with E-state index in [1.165, 1.54) is 0 Å². The molecule has 1 aliphatic carbocycles. The molecule has 0 aromatic rings. The predicted molar refractivity (Wildman–Crippen MR) is 105 cm³/mol. The van der Waals surface area contributed by atoms with Gasteiger partial charge in [0.05, 0.1) is 18.4 Å². The van der Waals surface area contributed by atoms with E-state index in [1.807, 2.05) is 19.1 Å². The van der Waals surface area contributed by atoms with Gasteiger partial charge in [-0.05, 0) is 32.1 Å². The Bertz CT molecular complexity index is 591. The van der Waals surface area contributed by atoms with Crippen molar-refractivity contribution in [3.05, 3.63) is 12.2 Å². The number of esters is 1. The van der Waals surface area contributed by atoms with Gasteiger partial charge in [-0.15, -0.1) is 0 Å². The average molecular weight is 395 g/mol. The molecule has 1 aliphatic heterocycles. The highest BCUT2D eigenvalue weighted by Gasteiger charge is 2.56. The van der Waals surface area contributed by atoms with Crippen molar-refractivity contribution in [3.8, 4) is 0 Å². The Kier molecular flexibility index (Phi) is 8.48. The number of fused-ring (bicyclic) bond motifs is 1. The number of carbonyl (C=O) groups excluding carboxylic acids is 3. The molecule has 7 heteroatoms. The summed E-state index contributed by atoms with van der Waals surface area (Å²) in [6.07, 6.45) is 6.89. The molecule has 5 atom stereocenters. The second-order valence-electron chi connectivity index (χ2n) is 7.68. The summed E-state index contributed by atoms with van der Waals surface area (Å²) in [5.41, 5.74) is 0. The Morgan fingerprint density at radius 2 is 1.96 bits per heavy atom. The van der Waals surface area contributed by atoms with Gasteiger partial charge in [0.2, 0.25) is 11.8 Å². The number of amides is 2. The molecule has 1 heterocycles. The van der Waals surface area contributed by atoms with Crippen molar-refractivity contribution in [2.45, 2.75) is 52.5 Å². The van der Waals surface area contributed by atoms with Crippen LogP contribution in [-0.4, -0.2) is 60.1 Å². The maximum Gasteiger partial charge on any atom is 0.310 e. The van der Waals surface area contributed by atoms with Gasteiger partial charge >= 0.3 is 5.97 Å². The zero-order chi connectivity index (χ0) is 20.7. The molecule has 0 aromatic heterocycles. The highest BCUT2D eigenvalue weighted by atomic mass is 16.5. The van der Waals surface area contributed by atoms with E-state index >= 15 is 0 Å². The fraction of sp³-hybridized carbons (Fsp3) is 0.762. The molecule has 28 heavy (non-hydrogen) atoms. The molecule has 0 unspecified atom stereocenters. The number of aliphatic hydroxyl groups excluding tert-OH is 1. The number of hydrogen-bond donors (Lipinski definition) is 2. The number of allylic oxidation sites excluding steroid dienone is 1. The molecule has 158 valence electrons. The molecule has 2 amide bonds. The Balaban J connectivity index is 2.29. The molecule has 0 aromatic carbocycles. The van der Waals surface area contributed by atoms with Gasteiger partial charge in [0, 0.05) is 25.6 Å². The minimum Gasteiger partial charge on any atom is -0.466 e. The number of rotatable bonds is 10. The van der Waals surface area contributed by atoms with Crippen molar-refractivity contribution >= 4 is 17.8 Å². The van der Waals surface area contributed by atoms with E-state index in [2.05, 4.69) is 12.2 Å². The number of unbranched alkanes of at least 4 members (excludes halogenated alkanes) is 2. The highest BCUT2D eigenvalue weighted by Crippen LogP contribution is 2.44. The van der Waals surface area contributed by atoms with E-state index in [0.29, 0.717) is 25.9 Å². The van der Waals surface area contributed by atoms with E-state index in [-0.39, 0.29) is 42.8 Å². The van der Waals surface area contributed by atoms with E-state index in [4.69, 9.17) is 9.84 Å². The zero-order valence-corrected chi connectivity index (χ0v) is 17.2. The van der Waals surface area contributed by atoms with Crippen LogP contribution in [0, 0.1) is 23.7 Å². The molecule has 1 saturated heterocycles. The first-order chi connectivity index (χ1) is 13.5. The molecule has 2 aliphatic rings. The minimum absolute atomic E-state index is 0.0463. The Morgan fingerprint density at radius 3 is 2.61 bits per heavy atom. The van der Waals surface area contributed by atoms with Gasteiger partial charge in [-0.25, -0.2) is 0 Å². The lowest BCUT2D eigenvalue weighted by Crippen LogP contribution is -2.47. The quantitative estimate of drug-likeness (QED) is 0.333. The van der Waals surface area contributed by atoms with Crippen molar-refractivity contribution in [3.63, 3.8) is 0 Å². The summed E-state index contributed by atoms with van der Waals surface area (Å²) in [7, 11) is 0. The van der Waals surface area contributed by atoms with E-state index in [1.54, 1.807) is 11.8 Å². The van der Waals surface area contributed by atoms with Crippen molar-refractivity contribution in [2.75, 3.05) is 26.3 Å². The number of nitrogens with zero attached hydrogens (tertiary/aromatic N) is 1. The molecule has 1 fully saturated rings. The van der Waals surface area contributed by atoms with Crippen LogP contribution in [0.3, 0.4) is 0 Å². The van der Waals surface area contributed by atoms with Gasteiger partial charge in [0.25, 0.3) is 0 Å². The molecular formula is C21H34N2O5. The summed E-state index contributed by atoms with van der Waals surface area (Å²) < 4.78 is 5.24.